The molecule has 2 saturated carbocycles. The molecule has 29 heavy (non-hydrogen) atoms. The van der Waals surface area contributed by atoms with E-state index in [0.29, 0.717) is 23.9 Å². The van der Waals surface area contributed by atoms with Crippen molar-refractivity contribution in [1.82, 2.24) is 0 Å². The van der Waals surface area contributed by atoms with Crippen LogP contribution in [-0.4, -0.2) is 6.10 Å². The first-order valence-corrected chi connectivity index (χ1v) is 11.5. The maximum Gasteiger partial charge on any atom is 0.101 e. The maximum absolute atomic E-state index is 6.51. The molecule has 3 aliphatic rings. The van der Waals surface area contributed by atoms with Gasteiger partial charge in [0.25, 0.3) is 0 Å². The van der Waals surface area contributed by atoms with E-state index in [-0.39, 0.29) is 5.41 Å². The van der Waals surface area contributed by atoms with Crippen LogP contribution in [0.4, 0.5) is 0 Å². The van der Waals surface area contributed by atoms with Crippen LogP contribution in [0.2, 0.25) is 0 Å². The van der Waals surface area contributed by atoms with Gasteiger partial charge in [-0.05, 0) is 77.7 Å². The smallest absolute Gasteiger partial charge is 0.101 e. The Morgan fingerprint density at radius 1 is 1.00 bits per heavy atom. The molecule has 2 fully saturated rings. The summed E-state index contributed by atoms with van der Waals surface area (Å²) in [6.07, 6.45) is 7.60. The number of benzene rings is 2. The van der Waals surface area contributed by atoms with Gasteiger partial charge in [-0.15, -0.1) is 0 Å². The van der Waals surface area contributed by atoms with Crippen molar-refractivity contribution >= 4 is 0 Å². The zero-order valence-electron chi connectivity index (χ0n) is 18.3. The molecule has 0 N–H and O–H groups in total. The molecule has 1 nitrogen and oxygen atoms in total. The van der Waals surface area contributed by atoms with Gasteiger partial charge in [0, 0.05) is 5.41 Å². The third-order valence-electron chi connectivity index (χ3n) is 8.01. The first-order chi connectivity index (χ1) is 14.0. The Balaban J connectivity index is 1.41. The van der Waals surface area contributed by atoms with Gasteiger partial charge in [0.1, 0.15) is 6.10 Å². The van der Waals surface area contributed by atoms with Gasteiger partial charge in [-0.2, -0.15) is 0 Å². The molecule has 152 valence electrons. The van der Waals surface area contributed by atoms with Gasteiger partial charge in [0.15, 0.2) is 0 Å². The van der Waals surface area contributed by atoms with Crippen molar-refractivity contribution in [2.75, 3.05) is 0 Å². The molecule has 0 amide bonds. The van der Waals surface area contributed by atoms with Crippen molar-refractivity contribution < 1.29 is 4.74 Å². The van der Waals surface area contributed by atoms with Gasteiger partial charge in [0.2, 0.25) is 0 Å². The minimum absolute atomic E-state index is 0.175. The first-order valence-electron chi connectivity index (χ1n) is 11.5. The van der Waals surface area contributed by atoms with E-state index in [1.54, 1.807) is 0 Å². The molecule has 0 aliphatic heterocycles. The highest BCUT2D eigenvalue weighted by Gasteiger charge is 2.61. The predicted molar refractivity (Wildman–Crippen MR) is 121 cm³/mol. The molecule has 0 aromatic heterocycles. The molecule has 5 rings (SSSR count). The highest BCUT2D eigenvalue weighted by molar-refractivity contribution is 5.83. The number of hydrogen-bond donors (Lipinski definition) is 0. The average molecular weight is 387 g/mol. The molecular formula is C28H34O. The van der Waals surface area contributed by atoms with Gasteiger partial charge in [0.05, 0.1) is 6.26 Å². The fraction of sp³-hybridized carbons (Fsp3) is 0.500. The largest absolute Gasteiger partial charge is 0.498 e. The van der Waals surface area contributed by atoms with Gasteiger partial charge < -0.3 is 4.74 Å². The van der Waals surface area contributed by atoms with Crippen LogP contribution in [0.5, 0.6) is 0 Å². The Bertz CT molecular complexity index is 891. The molecule has 0 bridgehead atoms. The topological polar surface area (TPSA) is 9.23 Å². The Labute approximate surface area is 176 Å². The van der Waals surface area contributed by atoms with Crippen LogP contribution in [0.25, 0.3) is 11.1 Å². The summed E-state index contributed by atoms with van der Waals surface area (Å²) in [5.74, 6) is 2.73. The van der Waals surface area contributed by atoms with E-state index in [1.807, 2.05) is 0 Å². The Hall–Kier alpha value is -2.02. The van der Waals surface area contributed by atoms with Crippen LogP contribution in [0.15, 0.2) is 60.4 Å². The summed E-state index contributed by atoms with van der Waals surface area (Å²) in [4.78, 5) is 0. The molecular weight excluding hydrogens is 352 g/mol. The van der Waals surface area contributed by atoms with Gasteiger partial charge >= 0.3 is 0 Å². The molecule has 2 aromatic rings. The third-order valence-corrected chi connectivity index (χ3v) is 8.01. The van der Waals surface area contributed by atoms with E-state index in [0.717, 1.165) is 5.92 Å². The van der Waals surface area contributed by atoms with Gasteiger partial charge in [-0.25, -0.2) is 0 Å². The van der Waals surface area contributed by atoms with Crippen molar-refractivity contribution in [1.29, 1.82) is 0 Å². The number of fused-ring (bicyclic) bond motifs is 5. The summed E-state index contributed by atoms with van der Waals surface area (Å²) < 4.78 is 6.51. The molecule has 0 radical (unpaired) electrons. The quantitative estimate of drug-likeness (QED) is 0.499. The van der Waals surface area contributed by atoms with E-state index in [4.69, 9.17) is 4.74 Å². The molecule has 4 atom stereocenters. The third kappa shape index (κ3) is 2.97. The average Bonchev–Trinajstić information content (AvgIpc) is 3.42. The molecule has 1 unspecified atom stereocenters. The van der Waals surface area contributed by atoms with E-state index in [9.17, 15) is 0 Å². The monoisotopic (exact) mass is 386 g/mol. The lowest BCUT2D eigenvalue weighted by atomic mass is 9.75. The zero-order valence-corrected chi connectivity index (χ0v) is 18.3. The van der Waals surface area contributed by atoms with E-state index >= 15 is 0 Å². The van der Waals surface area contributed by atoms with Crippen LogP contribution >= 0.6 is 0 Å². The molecule has 1 heteroatoms. The van der Waals surface area contributed by atoms with Crippen LogP contribution < -0.4 is 0 Å². The lowest BCUT2D eigenvalue weighted by Crippen LogP contribution is -2.33. The molecule has 0 saturated heterocycles. The van der Waals surface area contributed by atoms with E-state index < -0.39 is 0 Å². The summed E-state index contributed by atoms with van der Waals surface area (Å²) in [6.45, 7) is 9.39. The summed E-state index contributed by atoms with van der Waals surface area (Å²) >= 11 is 0. The lowest BCUT2D eigenvalue weighted by Gasteiger charge is -2.36. The fourth-order valence-corrected chi connectivity index (χ4v) is 6.32. The maximum atomic E-state index is 6.51. The number of hydrogen-bond acceptors (Lipinski definition) is 1. The van der Waals surface area contributed by atoms with Crippen LogP contribution in [-0.2, 0) is 10.2 Å². The number of rotatable bonds is 4. The first kappa shape index (κ1) is 19.0. The second kappa shape index (κ2) is 7.04. The van der Waals surface area contributed by atoms with Crippen molar-refractivity contribution in [2.45, 2.75) is 64.9 Å². The van der Waals surface area contributed by atoms with Crippen LogP contribution in [0.1, 0.15) is 64.5 Å². The normalized spacial score (nSPS) is 29.6. The summed E-state index contributed by atoms with van der Waals surface area (Å²) in [7, 11) is 0. The number of ether oxygens (including phenoxy) is 1. The second-order valence-corrected chi connectivity index (χ2v) is 10.2. The van der Waals surface area contributed by atoms with E-state index in [1.165, 1.54) is 53.5 Å². The number of allylic oxidation sites excluding steroid dienone is 1. The van der Waals surface area contributed by atoms with Gasteiger partial charge in [-0.1, -0.05) is 75.7 Å². The molecule has 3 aliphatic carbocycles. The second-order valence-electron chi connectivity index (χ2n) is 10.2. The van der Waals surface area contributed by atoms with Crippen molar-refractivity contribution in [2.24, 2.45) is 23.7 Å². The highest BCUT2D eigenvalue weighted by Crippen LogP contribution is 2.68. The summed E-state index contributed by atoms with van der Waals surface area (Å²) in [5, 5.41) is 0. The minimum Gasteiger partial charge on any atom is -0.498 e. The standard InChI is InChI=1S/C28H34O/c1-18(2)21-14-13-19(3)15-27(21)29-17-20(4)26-16-28(26)24-11-7-5-9-22(24)23-10-6-8-12-25(23)28/h5-12,17-19,21,26-27H,13-16H2,1-4H3/b20-17+/t19-,21+,26?,27-/m1/s1. The summed E-state index contributed by atoms with van der Waals surface area (Å²) in [6, 6.07) is 18.0. The van der Waals surface area contributed by atoms with Crippen LogP contribution in [0, 0.1) is 23.7 Å². The van der Waals surface area contributed by atoms with Gasteiger partial charge in [-0.3, -0.25) is 0 Å². The van der Waals surface area contributed by atoms with Crippen molar-refractivity contribution in [3.63, 3.8) is 0 Å². The fourth-order valence-electron chi connectivity index (χ4n) is 6.32. The Morgan fingerprint density at radius 2 is 1.62 bits per heavy atom. The SMILES string of the molecule is C/C(=C\O[C@@H]1C[C@H](C)CC[C@H]1C(C)C)C1CC12c1ccccc1-c1ccccc12. The molecule has 0 heterocycles. The molecule has 2 aromatic carbocycles. The predicted octanol–water partition coefficient (Wildman–Crippen LogP) is 7.35. The Morgan fingerprint density at radius 3 is 2.24 bits per heavy atom. The van der Waals surface area contributed by atoms with Crippen LogP contribution in [0.3, 0.4) is 0 Å². The minimum atomic E-state index is 0.175. The van der Waals surface area contributed by atoms with Crippen molar-refractivity contribution in [3.8, 4) is 11.1 Å². The Kier molecular flexibility index (Phi) is 4.61. The lowest BCUT2D eigenvalue weighted by molar-refractivity contribution is 0.0124. The summed E-state index contributed by atoms with van der Waals surface area (Å²) in [5.41, 5.74) is 7.49. The van der Waals surface area contributed by atoms with E-state index in [2.05, 4.69) is 82.5 Å². The molecule has 1 spiro atoms. The van der Waals surface area contributed by atoms with Crippen molar-refractivity contribution in [3.05, 3.63) is 71.5 Å². The zero-order chi connectivity index (χ0) is 20.2. The highest BCUT2D eigenvalue weighted by atomic mass is 16.5.